The predicted molar refractivity (Wildman–Crippen MR) is 83.6 cm³/mol. The Kier molecular flexibility index (Phi) is 6.19. The second kappa shape index (κ2) is 7.72. The van der Waals surface area contributed by atoms with Gasteiger partial charge in [-0.1, -0.05) is 6.42 Å². The van der Waals surface area contributed by atoms with Gasteiger partial charge in [-0.2, -0.15) is 12.7 Å². The number of nitrogens with zero attached hydrogens (tertiary/aromatic N) is 2. The van der Waals surface area contributed by atoms with Crippen molar-refractivity contribution in [3.05, 3.63) is 0 Å². The molecule has 2 fully saturated rings. The molecular formula is C14H27N3O4S. The van der Waals surface area contributed by atoms with Gasteiger partial charge in [0.2, 0.25) is 5.91 Å². The van der Waals surface area contributed by atoms with Gasteiger partial charge in [-0.3, -0.25) is 4.79 Å². The molecule has 0 unspecified atom stereocenters. The summed E-state index contributed by atoms with van der Waals surface area (Å²) in [6.45, 7) is 5.89. The fourth-order valence-corrected chi connectivity index (χ4v) is 4.35. The van der Waals surface area contributed by atoms with E-state index < -0.39 is 10.2 Å². The molecule has 128 valence electrons. The summed E-state index contributed by atoms with van der Waals surface area (Å²) in [5.74, 6) is 0.130. The minimum Gasteiger partial charge on any atom is -0.373 e. The lowest BCUT2D eigenvalue weighted by molar-refractivity contribution is -0.130. The number of ether oxygens (including phenoxy) is 1. The zero-order chi connectivity index (χ0) is 16.2. The van der Waals surface area contributed by atoms with Crippen molar-refractivity contribution in [2.24, 2.45) is 0 Å². The van der Waals surface area contributed by atoms with Crippen LogP contribution < -0.4 is 4.72 Å². The zero-order valence-electron chi connectivity index (χ0n) is 13.5. The molecule has 2 aliphatic rings. The molecule has 22 heavy (non-hydrogen) atoms. The van der Waals surface area contributed by atoms with Crippen LogP contribution in [0, 0.1) is 0 Å². The number of hydrogen-bond donors (Lipinski definition) is 1. The number of amides is 1. The Hall–Kier alpha value is -0.700. The third kappa shape index (κ3) is 4.91. The standard InChI is InChI=1S/C14H27N3O4S/c1-12-10-17(11-13(2)21-12)22(19,20)15-7-9-16-8-5-3-4-6-14(16)18/h12-13,15H,3-11H2,1-2H3/t12-,13-/m0/s1. The van der Waals surface area contributed by atoms with E-state index in [0.29, 0.717) is 26.1 Å². The van der Waals surface area contributed by atoms with Crippen LogP contribution in [0.15, 0.2) is 0 Å². The Morgan fingerprint density at radius 3 is 2.55 bits per heavy atom. The molecule has 1 N–H and O–H groups in total. The maximum atomic E-state index is 12.3. The number of morpholine rings is 1. The van der Waals surface area contributed by atoms with Crippen molar-refractivity contribution in [3.8, 4) is 0 Å². The van der Waals surface area contributed by atoms with Gasteiger partial charge >= 0.3 is 0 Å². The second-order valence-electron chi connectivity index (χ2n) is 6.17. The summed E-state index contributed by atoms with van der Waals surface area (Å²) in [4.78, 5) is 13.6. The average molecular weight is 333 g/mol. The van der Waals surface area contributed by atoms with E-state index in [-0.39, 0.29) is 24.7 Å². The van der Waals surface area contributed by atoms with Crippen LogP contribution in [0.25, 0.3) is 0 Å². The summed E-state index contributed by atoms with van der Waals surface area (Å²) < 4.78 is 34.2. The molecule has 0 bridgehead atoms. The van der Waals surface area contributed by atoms with E-state index in [1.54, 1.807) is 4.90 Å². The number of nitrogens with one attached hydrogen (secondary N) is 1. The zero-order valence-corrected chi connectivity index (χ0v) is 14.3. The molecule has 1 amide bonds. The van der Waals surface area contributed by atoms with Gasteiger partial charge in [0.1, 0.15) is 0 Å². The molecule has 2 atom stereocenters. The van der Waals surface area contributed by atoms with Gasteiger partial charge in [-0.05, 0) is 26.7 Å². The lowest BCUT2D eigenvalue weighted by Gasteiger charge is -2.34. The van der Waals surface area contributed by atoms with Crippen LogP contribution in [0.1, 0.15) is 39.5 Å². The normalized spacial score (nSPS) is 28.6. The van der Waals surface area contributed by atoms with E-state index in [1.165, 1.54) is 4.31 Å². The molecule has 0 aromatic carbocycles. The van der Waals surface area contributed by atoms with Crippen molar-refractivity contribution >= 4 is 16.1 Å². The number of carbonyl (C=O) groups excluding carboxylic acids is 1. The lowest BCUT2D eigenvalue weighted by atomic mass is 10.2. The highest BCUT2D eigenvalue weighted by Gasteiger charge is 2.30. The Morgan fingerprint density at radius 2 is 1.86 bits per heavy atom. The topological polar surface area (TPSA) is 79.0 Å². The Morgan fingerprint density at radius 1 is 1.18 bits per heavy atom. The van der Waals surface area contributed by atoms with E-state index in [1.807, 2.05) is 13.8 Å². The van der Waals surface area contributed by atoms with Gasteiger partial charge in [-0.15, -0.1) is 0 Å². The third-order valence-electron chi connectivity index (χ3n) is 4.06. The quantitative estimate of drug-likeness (QED) is 0.786. The molecule has 0 saturated carbocycles. The Labute approximate surface area is 133 Å². The van der Waals surface area contributed by atoms with E-state index in [2.05, 4.69) is 4.72 Å². The monoisotopic (exact) mass is 333 g/mol. The fourth-order valence-electron chi connectivity index (χ4n) is 3.00. The molecule has 0 aromatic heterocycles. The molecule has 0 aromatic rings. The van der Waals surface area contributed by atoms with Gasteiger partial charge in [0.05, 0.1) is 12.2 Å². The minimum atomic E-state index is -3.51. The largest absolute Gasteiger partial charge is 0.373 e. The van der Waals surface area contributed by atoms with Crippen molar-refractivity contribution in [3.63, 3.8) is 0 Å². The van der Waals surface area contributed by atoms with E-state index in [4.69, 9.17) is 4.74 Å². The molecule has 2 aliphatic heterocycles. The first-order valence-corrected chi connectivity index (χ1v) is 9.50. The maximum absolute atomic E-state index is 12.3. The fraction of sp³-hybridized carbons (Fsp3) is 0.929. The predicted octanol–water partition coefficient (Wildman–Crippen LogP) is 0.333. The van der Waals surface area contributed by atoms with Crippen LogP contribution in [0.4, 0.5) is 0 Å². The van der Waals surface area contributed by atoms with Gasteiger partial charge in [0, 0.05) is 39.1 Å². The highest BCUT2D eigenvalue weighted by atomic mass is 32.2. The summed E-state index contributed by atoms with van der Waals surface area (Å²) in [5, 5.41) is 0. The number of carbonyl (C=O) groups is 1. The van der Waals surface area contributed by atoms with E-state index >= 15 is 0 Å². The minimum absolute atomic E-state index is 0.104. The first kappa shape index (κ1) is 17.7. The summed E-state index contributed by atoms with van der Waals surface area (Å²) in [5.41, 5.74) is 0. The molecular weight excluding hydrogens is 306 g/mol. The molecule has 0 spiro atoms. The molecule has 0 radical (unpaired) electrons. The van der Waals surface area contributed by atoms with Gasteiger partial charge in [0.25, 0.3) is 10.2 Å². The van der Waals surface area contributed by atoms with Crippen LogP contribution >= 0.6 is 0 Å². The van der Waals surface area contributed by atoms with Crippen LogP contribution in [0.2, 0.25) is 0 Å². The maximum Gasteiger partial charge on any atom is 0.279 e. The van der Waals surface area contributed by atoms with Crippen molar-refractivity contribution in [2.45, 2.75) is 51.7 Å². The number of hydrogen-bond acceptors (Lipinski definition) is 4. The van der Waals surface area contributed by atoms with Crippen molar-refractivity contribution in [2.75, 3.05) is 32.7 Å². The molecule has 7 nitrogen and oxygen atoms in total. The lowest BCUT2D eigenvalue weighted by Crippen LogP contribution is -2.52. The highest BCUT2D eigenvalue weighted by Crippen LogP contribution is 2.14. The van der Waals surface area contributed by atoms with Crippen LogP contribution in [-0.2, 0) is 19.7 Å². The Balaban J connectivity index is 1.83. The van der Waals surface area contributed by atoms with Crippen LogP contribution in [-0.4, -0.2) is 68.5 Å². The van der Waals surface area contributed by atoms with Crippen LogP contribution in [0.5, 0.6) is 0 Å². The van der Waals surface area contributed by atoms with Crippen LogP contribution in [0.3, 0.4) is 0 Å². The van der Waals surface area contributed by atoms with Crippen molar-refractivity contribution < 1.29 is 17.9 Å². The number of rotatable bonds is 5. The summed E-state index contributed by atoms with van der Waals surface area (Å²) in [6, 6.07) is 0. The molecule has 2 heterocycles. The summed E-state index contributed by atoms with van der Waals surface area (Å²) in [7, 11) is -3.51. The molecule has 2 rings (SSSR count). The summed E-state index contributed by atoms with van der Waals surface area (Å²) in [6.07, 6.45) is 3.37. The van der Waals surface area contributed by atoms with Crippen molar-refractivity contribution in [1.29, 1.82) is 0 Å². The average Bonchev–Trinajstić information content (AvgIpc) is 2.63. The molecule has 0 aliphatic carbocycles. The smallest absolute Gasteiger partial charge is 0.279 e. The van der Waals surface area contributed by atoms with Crippen molar-refractivity contribution in [1.82, 2.24) is 13.9 Å². The second-order valence-corrected chi connectivity index (χ2v) is 7.92. The van der Waals surface area contributed by atoms with Gasteiger partial charge in [0.15, 0.2) is 0 Å². The van der Waals surface area contributed by atoms with E-state index in [0.717, 1.165) is 25.8 Å². The van der Waals surface area contributed by atoms with E-state index in [9.17, 15) is 13.2 Å². The van der Waals surface area contributed by atoms with Gasteiger partial charge < -0.3 is 9.64 Å². The number of likely N-dealkylation sites (tertiary alicyclic amines) is 1. The summed E-state index contributed by atoms with van der Waals surface area (Å²) >= 11 is 0. The first-order chi connectivity index (χ1) is 10.4. The van der Waals surface area contributed by atoms with Gasteiger partial charge in [-0.25, -0.2) is 4.72 Å². The molecule has 2 saturated heterocycles. The first-order valence-electron chi connectivity index (χ1n) is 8.06. The third-order valence-corrected chi connectivity index (χ3v) is 5.61. The Bertz CT molecular complexity index is 472. The highest BCUT2D eigenvalue weighted by molar-refractivity contribution is 7.87. The SMILES string of the molecule is C[C@H]1CN(S(=O)(=O)NCCN2CCCCCC2=O)C[C@H](C)O1. The molecule has 8 heteroatoms.